The molecule has 17 heteroatoms. The molecule has 4 aliphatic rings. The van der Waals surface area contributed by atoms with Gasteiger partial charge in [0, 0.05) is 39.7 Å². The van der Waals surface area contributed by atoms with Gasteiger partial charge >= 0.3 is 12.2 Å². The van der Waals surface area contributed by atoms with Gasteiger partial charge < -0.3 is 40.3 Å². The Morgan fingerprint density at radius 1 is 0.833 bits per heavy atom. The Bertz CT molecular complexity index is 2500. The fourth-order valence-electron chi connectivity index (χ4n) is 10.3. The summed E-state index contributed by atoms with van der Waals surface area (Å²) in [4.78, 5) is 105. The molecule has 4 N–H and O–H groups in total. The van der Waals surface area contributed by atoms with Crippen molar-refractivity contribution in [1.82, 2.24) is 35.6 Å². The van der Waals surface area contributed by atoms with E-state index in [9.17, 15) is 29.1 Å². The van der Waals surface area contributed by atoms with Gasteiger partial charge in [-0.1, -0.05) is 99.6 Å². The van der Waals surface area contributed by atoms with Crippen LogP contribution < -0.4 is 16.0 Å². The number of carboxylic acid groups (broad SMARTS) is 1. The smallest absolute Gasteiger partial charge is 0.410 e. The van der Waals surface area contributed by atoms with E-state index in [-0.39, 0.29) is 56.9 Å². The maximum atomic E-state index is 15.1. The average Bonchev–Trinajstić information content (AvgIpc) is 4.02. The lowest BCUT2D eigenvalue weighted by Crippen LogP contribution is -2.60. The zero-order valence-corrected chi connectivity index (χ0v) is 43.2. The Labute approximate surface area is 423 Å². The predicted octanol–water partition coefficient (Wildman–Crippen LogP) is 6.15. The van der Waals surface area contributed by atoms with Crippen molar-refractivity contribution in [3.8, 4) is 0 Å². The number of carbonyl (C=O) groups excluding carboxylic acids is 6. The number of hydrogen-bond donors (Lipinski definition) is 4. The predicted molar refractivity (Wildman–Crippen MR) is 269 cm³/mol. The quantitative estimate of drug-likeness (QED) is 0.137. The minimum absolute atomic E-state index is 0.0302. The first-order valence-corrected chi connectivity index (χ1v) is 25.2. The van der Waals surface area contributed by atoms with E-state index >= 15 is 9.59 Å². The van der Waals surface area contributed by atoms with Gasteiger partial charge in [-0.15, -0.1) is 0 Å². The molecule has 0 spiro atoms. The van der Waals surface area contributed by atoms with Crippen LogP contribution in [0.5, 0.6) is 0 Å². The molecular formula is C55H73N7O10. The third-order valence-corrected chi connectivity index (χ3v) is 14.7. The number of benzene rings is 3. The number of likely N-dealkylation sites (tertiary alicyclic amines) is 1. The summed E-state index contributed by atoms with van der Waals surface area (Å²) < 4.78 is 11.2. The Morgan fingerprint density at radius 2 is 1.47 bits per heavy atom. The zero-order chi connectivity index (χ0) is 52.3. The second-order valence-electron chi connectivity index (χ2n) is 22.2. The van der Waals surface area contributed by atoms with E-state index in [4.69, 9.17) is 9.47 Å². The molecule has 17 nitrogen and oxygen atoms in total. The number of methoxy groups -OCH3 is 1. The van der Waals surface area contributed by atoms with Crippen LogP contribution in [-0.4, -0.2) is 136 Å². The number of nitrogens with zero attached hydrogens (tertiary/aromatic N) is 4. The molecule has 0 aromatic heterocycles. The van der Waals surface area contributed by atoms with Crippen LogP contribution in [0.4, 0.5) is 9.59 Å². The van der Waals surface area contributed by atoms with Crippen LogP contribution in [0.25, 0.3) is 0 Å². The van der Waals surface area contributed by atoms with Gasteiger partial charge in [0.2, 0.25) is 29.5 Å². The minimum atomic E-state index is -1.23. The van der Waals surface area contributed by atoms with E-state index in [1.807, 2.05) is 72.8 Å². The maximum Gasteiger partial charge on any atom is 0.410 e. The molecule has 1 unspecified atom stereocenters. The number of nitrogens with one attached hydrogen (secondary N) is 3. The SMILES string of the molecule is COC[C@H](c1ccccc1)N(CC1(C(=O)N[C@H]2C[C@@H](C(=O)N[C@@H]3CCCc4ccccc43)N(C(=O)[C@@H](NC(=O)[C@H](C)N(C)C(=O)OC(C)(C)C)C(C)(C)C)C2)CC1)C(=O)C1Cc2ccccc2CN1C(=O)O. The molecule has 1 saturated heterocycles. The van der Waals surface area contributed by atoms with Crippen molar-refractivity contribution in [2.75, 3.05) is 33.9 Å². The van der Waals surface area contributed by atoms with E-state index in [1.54, 1.807) is 53.4 Å². The molecule has 0 radical (unpaired) electrons. The molecule has 0 bridgehead atoms. The maximum absolute atomic E-state index is 15.1. The molecule has 3 aromatic carbocycles. The summed E-state index contributed by atoms with van der Waals surface area (Å²) in [6, 6.07) is 18.8. The molecule has 2 aliphatic heterocycles. The van der Waals surface area contributed by atoms with Crippen molar-refractivity contribution in [2.45, 2.75) is 148 Å². The topological polar surface area (TPSA) is 207 Å². The normalized spacial score (nSPS) is 21.4. The first-order chi connectivity index (χ1) is 34.0. The summed E-state index contributed by atoms with van der Waals surface area (Å²) in [5.41, 5.74) is 1.86. The van der Waals surface area contributed by atoms with Crippen molar-refractivity contribution in [1.29, 1.82) is 0 Å². The lowest BCUT2D eigenvalue weighted by atomic mass is 9.85. The molecular weight excluding hydrogens is 919 g/mol. The third-order valence-electron chi connectivity index (χ3n) is 14.7. The second-order valence-corrected chi connectivity index (χ2v) is 22.2. The molecule has 7 atom stereocenters. The standard InChI is InChI=1S/C55H73N7O10/c1-34(59(8)52(70)72-54(5,6)7)46(63)58-45(53(2,3)4)49(66)60-31-39(29-42(60)47(64)57-41-25-17-23-35-18-15-16-24-40(35)41)56-50(67)55(26-27-55)33-62(44(32-71-9)36-19-11-10-12-20-36)48(65)43-28-37-21-13-14-22-38(37)30-61(43)51(68)69/h10-16,18-22,24,34,39,41-45H,17,23,25-33H2,1-9H3,(H,56,67)(H,57,64)(H,58,63)(H,68,69)/t34-,39-,41+,42-,43?,44+,45+/m0/s1. The number of carbonyl (C=O) groups is 7. The highest BCUT2D eigenvalue weighted by Crippen LogP contribution is 2.48. The van der Waals surface area contributed by atoms with Crippen LogP contribution in [0.15, 0.2) is 78.9 Å². The summed E-state index contributed by atoms with van der Waals surface area (Å²) in [5, 5.41) is 19.8. The molecule has 7 rings (SSSR count). The highest BCUT2D eigenvalue weighted by molar-refractivity contribution is 5.95. The summed E-state index contributed by atoms with van der Waals surface area (Å²) in [7, 11) is 2.98. The Balaban J connectivity index is 1.16. The van der Waals surface area contributed by atoms with Crippen molar-refractivity contribution in [3.63, 3.8) is 0 Å². The van der Waals surface area contributed by atoms with E-state index < -0.39 is 82.6 Å². The lowest BCUT2D eigenvalue weighted by molar-refractivity contribution is -0.144. The number of rotatable bonds is 15. The van der Waals surface area contributed by atoms with Crippen molar-refractivity contribution < 1.29 is 48.1 Å². The fourth-order valence-corrected chi connectivity index (χ4v) is 10.3. The highest BCUT2D eigenvalue weighted by Gasteiger charge is 2.55. The third kappa shape index (κ3) is 12.0. The number of amides is 7. The number of ether oxygens (including phenoxy) is 2. The van der Waals surface area contributed by atoms with Crippen LogP contribution >= 0.6 is 0 Å². The molecule has 72 heavy (non-hydrogen) atoms. The summed E-state index contributed by atoms with van der Waals surface area (Å²) >= 11 is 0. The van der Waals surface area contributed by atoms with Gasteiger partial charge in [-0.05, 0) is 99.5 Å². The van der Waals surface area contributed by atoms with Gasteiger partial charge in [0.25, 0.3) is 0 Å². The number of fused-ring (bicyclic) bond motifs is 2. The fraction of sp³-hybridized carbons (Fsp3) is 0.545. The second kappa shape index (κ2) is 21.7. The number of hydrogen-bond acceptors (Lipinski definition) is 9. The van der Waals surface area contributed by atoms with Gasteiger partial charge in [-0.2, -0.15) is 0 Å². The Hall–Kier alpha value is -6.49. The van der Waals surface area contributed by atoms with E-state index in [0.29, 0.717) is 19.3 Å². The first kappa shape index (κ1) is 53.3. The molecule has 388 valence electrons. The average molecular weight is 992 g/mol. The summed E-state index contributed by atoms with van der Waals surface area (Å²) in [6.45, 7) is 12.1. The molecule has 2 heterocycles. The van der Waals surface area contributed by atoms with E-state index in [1.165, 1.54) is 28.9 Å². The zero-order valence-electron chi connectivity index (χ0n) is 43.2. The van der Waals surface area contributed by atoms with E-state index in [0.717, 1.165) is 40.7 Å². The molecule has 1 saturated carbocycles. The Morgan fingerprint density at radius 3 is 2.10 bits per heavy atom. The van der Waals surface area contributed by atoms with Crippen LogP contribution in [0.3, 0.4) is 0 Å². The minimum Gasteiger partial charge on any atom is -0.465 e. The van der Waals surface area contributed by atoms with Gasteiger partial charge in [0.1, 0.15) is 29.8 Å². The summed E-state index contributed by atoms with van der Waals surface area (Å²) in [6.07, 6.45) is 1.61. The Kier molecular flexibility index (Phi) is 16.1. The molecule has 3 aromatic rings. The van der Waals surface area contributed by atoms with E-state index in [2.05, 4.69) is 22.0 Å². The van der Waals surface area contributed by atoms with Crippen molar-refractivity contribution in [3.05, 3.63) is 107 Å². The van der Waals surface area contributed by atoms with Crippen LogP contribution in [0.2, 0.25) is 0 Å². The molecule has 2 fully saturated rings. The summed E-state index contributed by atoms with van der Waals surface area (Å²) in [5.74, 6) is -2.31. The largest absolute Gasteiger partial charge is 0.465 e. The number of aryl methyl sites for hydroxylation is 1. The first-order valence-electron chi connectivity index (χ1n) is 25.2. The van der Waals surface area contributed by atoms with Gasteiger partial charge in [-0.3, -0.25) is 33.8 Å². The highest BCUT2D eigenvalue weighted by atomic mass is 16.6. The monoisotopic (exact) mass is 992 g/mol. The molecule has 2 aliphatic carbocycles. The van der Waals surface area contributed by atoms with Crippen molar-refractivity contribution >= 4 is 41.7 Å². The molecule has 7 amide bonds. The van der Waals surface area contributed by atoms with Gasteiger partial charge in [0.05, 0.1) is 30.7 Å². The van der Waals surface area contributed by atoms with Crippen LogP contribution in [-0.2, 0) is 52.8 Å². The van der Waals surface area contributed by atoms with Gasteiger partial charge in [0.15, 0.2) is 0 Å². The van der Waals surface area contributed by atoms with Crippen LogP contribution in [0, 0.1) is 10.8 Å². The number of likely N-dealkylation sites (N-methyl/N-ethyl adjacent to an activating group) is 1. The van der Waals surface area contributed by atoms with Crippen molar-refractivity contribution in [2.24, 2.45) is 10.8 Å². The van der Waals surface area contributed by atoms with Crippen LogP contribution in [0.1, 0.15) is 120 Å². The van der Waals surface area contributed by atoms with Gasteiger partial charge in [-0.25, -0.2) is 9.59 Å². The lowest BCUT2D eigenvalue weighted by Gasteiger charge is -2.41.